The lowest BCUT2D eigenvalue weighted by Gasteiger charge is -2.39. The van der Waals surface area contributed by atoms with Crippen LogP contribution in [0.4, 0.5) is 10.1 Å². The lowest BCUT2D eigenvalue weighted by atomic mass is 9.74. The second kappa shape index (κ2) is 6.91. The summed E-state index contributed by atoms with van der Waals surface area (Å²) in [5, 5.41) is 9.19. The Kier molecular flexibility index (Phi) is 4.58. The molecule has 1 spiro atoms. The predicted octanol–water partition coefficient (Wildman–Crippen LogP) is 3.39. The number of likely N-dealkylation sites (tertiary alicyclic amines) is 1. The van der Waals surface area contributed by atoms with Crippen LogP contribution in [-0.2, 0) is 5.41 Å². The van der Waals surface area contributed by atoms with E-state index < -0.39 is 0 Å². The van der Waals surface area contributed by atoms with Crippen molar-refractivity contribution in [1.29, 1.82) is 5.26 Å². The quantitative estimate of drug-likeness (QED) is 0.588. The summed E-state index contributed by atoms with van der Waals surface area (Å²) in [6.45, 7) is 2.41. The van der Waals surface area contributed by atoms with Gasteiger partial charge in [0.25, 0.3) is 5.91 Å². The number of nitriles is 1. The van der Waals surface area contributed by atoms with Gasteiger partial charge >= 0.3 is 0 Å². The number of amides is 1. The van der Waals surface area contributed by atoms with Crippen LogP contribution in [0.25, 0.3) is 0 Å². The van der Waals surface area contributed by atoms with Gasteiger partial charge in [-0.3, -0.25) is 9.69 Å². The van der Waals surface area contributed by atoms with E-state index in [9.17, 15) is 9.18 Å². The second-order valence-corrected chi connectivity index (χ2v) is 7.52. The number of rotatable bonds is 2. The summed E-state index contributed by atoms with van der Waals surface area (Å²) in [5.41, 5.74) is 1.82. The van der Waals surface area contributed by atoms with Crippen LogP contribution in [0, 0.1) is 17.1 Å². The Labute approximate surface area is 162 Å². The van der Waals surface area contributed by atoms with Crippen LogP contribution in [-0.4, -0.2) is 42.0 Å². The molecule has 2 aromatic rings. The maximum absolute atomic E-state index is 14.0. The third-order valence-corrected chi connectivity index (χ3v) is 5.81. The van der Waals surface area contributed by atoms with Crippen LogP contribution in [0.15, 0.2) is 36.5 Å². The highest BCUT2D eigenvalue weighted by Gasteiger charge is 2.46. The van der Waals surface area contributed by atoms with E-state index in [0.29, 0.717) is 18.7 Å². The standard InChI is InChI=1S/C20H18ClFN4O/c21-18-11-14(3-7-24-18)19(27)26-13-20(4-8-25(9-5-20)10-6-23)16-12-15(22)1-2-17(16)26/h1-3,7,11-12H,4-5,8-10,13H2. The van der Waals surface area contributed by atoms with Crippen molar-refractivity contribution in [2.24, 2.45) is 0 Å². The van der Waals surface area contributed by atoms with Crippen molar-refractivity contribution in [3.8, 4) is 6.07 Å². The molecule has 1 saturated heterocycles. The Bertz CT molecular complexity index is 934. The van der Waals surface area contributed by atoms with Crippen LogP contribution in [0.1, 0.15) is 28.8 Å². The normalized spacial score (nSPS) is 18.3. The van der Waals surface area contributed by atoms with E-state index in [-0.39, 0.29) is 22.3 Å². The van der Waals surface area contributed by atoms with Crippen LogP contribution >= 0.6 is 11.6 Å². The molecule has 5 nitrogen and oxygen atoms in total. The largest absolute Gasteiger partial charge is 0.307 e. The van der Waals surface area contributed by atoms with Gasteiger partial charge in [0, 0.05) is 42.5 Å². The summed E-state index contributed by atoms with van der Waals surface area (Å²) in [6.07, 6.45) is 3.07. The molecule has 1 fully saturated rings. The minimum atomic E-state index is -0.297. The van der Waals surface area contributed by atoms with Crippen molar-refractivity contribution in [3.05, 3.63) is 58.6 Å². The summed E-state index contributed by atoms with van der Waals surface area (Å²) in [6, 6.07) is 10.00. The van der Waals surface area contributed by atoms with E-state index >= 15 is 0 Å². The number of carbonyl (C=O) groups excluding carboxylic acids is 1. The first kappa shape index (κ1) is 17.9. The van der Waals surface area contributed by atoms with Gasteiger partial charge in [0.05, 0.1) is 12.6 Å². The number of aromatic nitrogens is 1. The van der Waals surface area contributed by atoms with Crippen molar-refractivity contribution in [1.82, 2.24) is 9.88 Å². The fraction of sp³-hybridized carbons (Fsp3) is 0.350. The molecule has 1 aromatic heterocycles. The highest BCUT2D eigenvalue weighted by atomic mass is 35.5. The Balaban J connectivity index is 1.69. The molecule has 1 aromatic carbocycles. The number of benzene rings is 1. The molecule has 4 rings (SSSR count). The average molecular weight is 385 g/mol. The lowest BCUT2D eigenvalue weighted by Crippen LogP contribution is -2.46. The molecule has 7 heteroatoms. The highest BCUT2D eigenvalue weighted by molar-refractivity contribution is 6.29. The molecular weight excluding hydrogens is 367 g/mol. The number of anilines is 1. The Hall–Kier alpha value is -2.49. The number of hydrogen-bond donors (Lipinski definition) is 0. The monoisotopic (exact) mass is 384 g/mol. The minimum Gasteiger partial charge on any atom is -0.307 e. The summed E-state index contributed by atoms with van der Waals surface area (Å²) in [4.78, 5) is 20.9. The van der Waals surface area contributed by atoms with Crippen molar-refractivity contribution in [3.63, 3.8) is 0 Å². The van der Waals surface area contributed by atoms with Crippen LogP contribution in [0.2, 0.25) is 5.15 Å². The molecule has 0 bridgehead atoms. The maximum Gasteiger partial charge on any atom is 0.258 e. The third kappa shape index (κ3) is 3.18. The number of hydrogen-bond acceptors (Lipinski definition) is 4. The van der Waals surface area contributed by atoms with E-state index in [1.165, 1.54) is 12.3 Å². The number of carbonyl (C=O) groups is 1. The smallest absolute Gasteiger partial charge is 0.258 e. The van der Waals surface area contributed by atoms with E-state index in [4.69, 9.17) is 16.9 Å². The molecule has 0 aliphatic carbocycles. The van der Waals surface area contributed by atoms with Gasteiger partial charge in [-0.1, -0.05) is 11.6 Å². The molecule has 27 heavy (non-hydrogen) atoms. The highest BCUT2D eigenvalue weighted by Crippen LogP contribution is 2.47. The van der Waals surface area contributed by atoms with Crippen LogP contribution in [0.5, 0.6) is 0 Å². The summed E-state index contributed by atoms with van der Waals surface area (Å²) < 4.78 is 14.0. The van der Waals surface area contributed by atoms with Crippen molar-refractivity contribution >= 4 is 23.2 Å². The Morgan fingerprint density at radius 2 is 2.07 bits per heavy atom. The zero-order chi connectivity index (χ0) is 19.0. The maximum atomic E-state index is 14.0. The van der Waals surface area contributed by atoms with Crippen molar-refractivity contribution < 1.29 is 9.18 Å². The van der Waals surface area contributed by atoms with Gasteiger partial charge in [-0.25, -0.2) is 9.37 Å². The summed E-state index contributed by atoms with van der Waals surface area (Å²) in [5.74, 6) is -0.461. The van der Waals surface area contributed by atoms with Crippen molar-refractivity contribution in [2.75, 3.05) is 31.1 Å². The number of fused-ring (bicyclic) bond motifs is 2. The second-order valence-electron chi connectivity index (χ2n) is 7.13. The van der Waals surface area contributed by atoms with Gasteiger partial charge in [0.15, 0.2) is 0 Å². The van der Waals surface area contributed by atoms with Crippen molar-refractivity contribution in [2.45, 2.75) is 18.3 Å². The molecule has 0 N–H and O–H groups in total. The molecule has 1 amide bonds. The van der Waals surface area contributed by atoms with Gasteiger partial charge in [-0.2, -0.15) is 5.26 Å². The first-order valence-electron chi connectivity index (χ1n) is 8.85. The third-order valence-electron chi connectivity index (χ3n) is 5.61. The lowest BCUT2D eigenvalue weighted by molar-refractivity contribution is 0.0978. The zero-order valence-corrected chi connectivity index (χ0v) is 15.4. The average Bonchev–Trinajstić information content (AvgIpc) is 2.97. The summed E-state index contributed by atoms with van der Waals surface area (Å²) >= 11 is 5.94. The Morgan fingerprint density at radius 3 is 2.78 bits per heavy atom. The molecular formula is C20H18ClFN4O. The van der Waals surface area contributed by atoms with Gasteiger partial charge in [0.2, 0.25) is 0 Å². The fourth-order valence-corrected chi connectivity index (χ4v) is 4.35. The van der Waals surface area contributed by atoms with Gasteiger partial charge < -0.3 is 4.90 Å². The molecule has 138 valence electrons. The molecule has 2 aliphatic rings. The fourth-order valence-electron chi connectivity index (χ4n) is 4.18. The minimum absolute atomic E-state index is 0.163. The number of halogens is 2. The molecule has 0 atom stereocenters. The number of piperidine rings is 1. The first-order chi connectivity index (χ1) is 13.0. The van der Waals surface area contributed by atoms with E-state index in [1.54, 1.807) is 29.2 Å². The van der Waals surface area contributed by atoms with Crippen LogP contribution in [0.3, 0.4) is 0 Å². The first-order valence-corrected chi connectivity index (χ1v) is 9.23. The van der Waals surface area contributed by atoms with Gasteiger partial charge in [-0.05, 0) is 48.7 Å². The number of pyridine rings is 1. The zero-order valence-electron chi connectivity index (χ0n) is 14.7. The predicted molar refractivity (Wildman–Crippen MR) is 100 cm³/mol. The van der Waals surface area contributed by atoms with Gasteiger partial charge in [0.1, 0.15) is 11.0 Å². The topological polar surface area (TPSA) is 60.2 Å². The molecule has 3 heterocycles. The van der Waals surface area contributed by atoms with E-state index in [1.807, 2.05) is 0 Å². The molecule has 0 saturated carbocycles. The van der Waals surface area contributed by atoms with E-state index in [2.05, 4.69) is 16.0 Å². The molecule has 0 unspecified atom stereocenters. The van der Waals surface area contributed by atoms with Gasteiger partial charge in [-0.15, -0.1) is 0 Å². The SMILES string of the molecule is N#CCN1CCC2(CC1)CN(C(=O)c1ccnc(Cl)c1)c1ccc(F)cc12. The summed E-state index contributed by atoms with van der Waals surface area (Å²) in [7, 11) is 0. The van der Waals surface area contributed by atoms with Crippen LogP contribution < -0.4 is 4.90 Å². The Morgan fingerprint density at radius 1 is 1.30 bits per heavy atom. The molecule has 2 aliphatic heterocycles. The molecule has 0 radical (unpaired) electrons. The number of nitrogens with zero attached hydrogens (tertiary/aromatic N) is 4. The van der Waals surface area contributed by atoms with E-state index in [0.717, 1.165) is 37.2 Å².